The van der Waals surface area contributed by atoms with Crippen molar-refractivity contribution in [3.05, 3.63) is 65.7 Å². The molecule has 21 heavy (non-hydrogen) atoms. The number of methoxy groups -OCH3 is 1. The van der Waals surface area contributed by atoms with Gasteiger partial charge >= 0.3 is 5.97 Å². The molecule has 110 valence electrons. The second-order valence-electron chi connectivity index (χ2n) is 5.00. The third kappa shape index (κ3) is 3.23. The number of hydrogen-bond acceptors (Lipinski definition) is 3. The number of hydrogen-bond donors (Lipinski definition) is 2. The summed E-state index contributed by atoms with van der Waals surface area (Å²) in [6, 6.07) is 16.7. The average molecular weight is 285 g/mol. The maximum Gasteiger partial charge on any atom is 0.336 e. The number of carbonyl (C=O) groups is 1. The molecule has 0 saturated heterocycles. The molecular weight excluding hydrogens is 266 g/mol. The van der Waals surface area contributed by atoms with E-state index in [1.54, 1.807) is 12.1 Å². The van der Waals surface area contributed by atoms with Crippen molar-refractivity contribution in [3.8, 4) is 0 Å². The van der Waals surface area contributed by atoms with Crippen LogP contribution in [0.4, 0.5) is 5.69 Å². The number of anilines is 1. The lowest BCUT2D eigenvalue weighted by Gasteiger charge is -2.31. The molecule has 2 aromatic rings. The van der Waals surface area contributed by atoms with Gasteiger partial charge in [0, 0.05) is 12.8 Å². The van der Waals surface area contributed by atoms with Crippen LogP contribution in [0.2, 0.25) is 0 Å². The van der Waals surface area contributed by atoms with Gasteiger partial charge in [-0.05, 0) is 30.2 Å². The number of aliphatic carboxylic acids is 1. The molecule has 0 fully saturated rings. The molecule has 0 heterocycles. The van der Waals surface area contributed by atoms with E-state index in [0.29, 0.717) is 5.56 Å². The smallest absolute Gasteiger partial charge is 0.336 e. The highest BCUT2D eigenvalue weighted by Crippen LogP contribution is 2.28. The summed E-state index contributed by atoms with van der Waals surface area (Å²) in [4.78, 5) is 12.0. The van der Waals surface area contributed by atoms with Gasteiger partial charge in [0.1, 0.15) is 0 Å². The van der Waals surface area contributed by atoms with Gasteiger partial charge in [-0.25, -0.2) is 4.79 Å². The number of nitrogens with one attached hydrogen (secondary N) is 1. The van der Waals surface area contributed by atoms with E-state index in [1.165, 1.54) is 7.11 Å². The number of carboxylic acid groups (broad SMARTS) is 1. The second-order valence-corrected chi connectivity index (χ2v) is 5.00. The minimum absolute atomic E-state index is 0.0281. The van der Waals surface area contributed by atoms with Crippen molar-refractivity contribution in [3.63, 3.8) is 0 Å². The molecule has 0 amide bonds. The fourth-order valence-corrected chi connectivity index (χ4v) is 2.34. The maximum atomic E-state index is 12.0. The largest absolute Gasteiger partial charge is 0.479 e. The Bertz CT molecular complexity index is 612. The molecule has 0 radical (unpaired) electrons. The third-order valence-electron chi connectivity index (χ3n) is 3.37. The van der Waals surface area contributed by atoms with Crippen molar-refractivity contribution in [1.29, 1.82) is 0 Å². The maximum absolute atomic E-state index is 12.0. The fourth-order valence-electron chi connectivity index (χ4n) is 2.34. The van der Waals surface area contributed by atoms with Crippen LogP contribution < -0.4 is 5.32 Å². The predicted octanol–water partition coefficient (Wildman–Crippen LogP) is 3.03. The van der Waals surface area contributed by atoms with E-state index >= 15 is 0 Å². The molecule has 1 unspecified atom stereocenters. The van der Waals surface area contributed by atoms with Crippen LogP contribution in [-0.4, -0.2) is 24.8 Å². The number of carboxylic acids is 1. The van der Waals surface area contributed by atoms with Crippen LogP contribution in [0.3, 0.4) is 0 Å². The van der Waals surface area contributed by atoms with E-state index in [4.69, 9.17) is 4.74 Å². The Morgan fingerprint density at radius 1 is 1.19 bits per heavy atom. The summed E-state index contributed by atoms with van der Waals surface area (Å²) in [5, 5.41) is 12.9. The van der Waals surface area contributed by atoms with Crippen LogP contribution in [0, 0.1) is 6.92 Å². The molecule has 0 aliphatic heterocycles. The Morgan fingerprint density at radius 3 is 2.48 bits per heavy atom. The summed E-state index contributed by atoms with van der Waals surface area (Å²) in [5.74, 6) is -0.975. The first-order valence-corrected chi connectivity index (χ1v) is 6.71. The SMILES string of the molecule is COCC(Nc1cccc(C)c1)(C(=O)O)c1ccccc1. The van der Waals surface area contributed by atoms with Gasteiger partial charge < -0.3 is 15.2 Å². The molecule has 2 aromatic carbocycles. The first-order chi connectivity index (χ1) is 10.1. The van der Waals surface area contributed by atoms with E-state index in [2.05, 4.69) is 5.32 Å². The standard InChI is InChI=1S/C17H19NO3/c1-13-7-6-10-15(11-13)18-17(12-21-2,16(19)20)14-8-4-3-5-9-14/h3-11,18H,12H2,1-2H3,(H,19,20). The lowest BCUT2D eigenvalue weighted by atomic mass is 9.90. The third-order valence-corrected chi connectivity index (χ3v) is 3.37. The number of aryl methyl sites for hydroxylation is 1. The van der Waals surface area contributed by atoms with Crippen LogP contribution in [0.5, 0.6) is 0 Å². The van der Waals surface area contributed by atoms with Crippen molar-refractivity contribution < 1.29 is 14.6 Å². The summed E-state index contributed by atoms with van der Waals surface area (Å²) >= 11 is 0. The molecule has 2 rings (SSSR count). The second kappa shape index (κ2) is 6.41. The Morgan fingerprint density at radius 2 is 1.90 bits per heavy atom. The molecule has 0 aliphatic carbocycles. The molecule has 4 nitrogen and oxygen atoms in total. The fraction of sp³-hybridized carbons (Fsp3) is 0.235. The zero-order valence-corrected chi connectivity index (χ0v) is 12.2. The van der Waals surface area contributed by atoms with Gasteiger partial charge in [0.2, 0.25) is 0 Å². The zero-order valence-electron chi connectivity index (χ0n) is 12.2. The summed E-state index contributed by atoms with van der Waals surface area (Å²) in [7, 11) is 1.50. The Balaban J connectivity index is 2.47. The summed E-state index contributed by atoms with van der Waals surface area (Å²) < 4.78 is 5.18. The predicted molar refractivity (Wildman–Crippen MR) is 82.4 cm³/mol. The van der Waals surface area contributed by atoms with Gasteiger partial charge in [-0.1, -0.05) is 42.5 Å². The van der Waals surface area contributed by atoms with Gasteiger partial charge in [0.05, 0.1) is 6.61 Å². The first kappa shape index (κ1) is 15.1. The Labute approximate surface area is 124 Å². The molecule has 0 saturated carbocycles. The van der Waals surface area contributed by atoms with Gasteiger partial charge in [0.25, 0.3) is 0 Å². The summed E-state index contributed by atoms with van der Waals surface area (Å²) in [6.07, 6.45) is 0. The number of ether oxygens (including phenoxy) is 1. The molecular formula is C17H19NO3. The Kier molecular flexibility index (Phi) is 4.60. The van der Waals surface area contributed by atoms with E-state index in [0.717, 1.165) is 11.3 Å². The average Bonchev–Trinajstić information content (AvgIpc) is 2.47. The number of benzene rings is 2. The Hall–Kier alpha value is -2.33. The monoisotopic (exact) mass is 285 g/mol. The van der Waals surface area contributed by atoms with Gasteiger partial charge in [-0.2, -0.15) is 0 Å². The highest BCUT2D eigenvalue weighted by Gasteiger charge is 2.40. The van der Waals surface area contributed by atoms with Crippen LogP contribution >= 0.6 is 0 Å². The normalized spacial score (nSPS) is 13.4. The number of rotatable bonds is 6. The lowest BCUT2D eigenvalue weighted by molar-refractivity contribution is -0.144. The molecule has 0 bridgehead atoms. The van der Waals surface area contributed by atoms with E-state index in [9.17, 15) is 9.90 Å². The summed E-state index contributed by atoms with van der Waals surface area (Å²) in [6.45, 7) is 1.99. The van der Waals surface area contributed by atoms with E-state index in [1.807, 2.05) is 49.4 Å². The minimum Gasteiger partial charge on any atom is -0.479 e. The zero-order chi connectivity index (χ0) is 15.3. The molecule has 0 aromatic heterocycles. The van der Waals surface area contributed by atoms with Crippen molar-refractivity contribution >= 4 is 11.7 Å². The van der Waals surface area contributed by atoms with Gasteiger partial charge in [-0.15, -0.1) is 0 Å². The quantitative estimate of drug-likeness (QED) is 0.856. The molecule has 0 spiro atoms. The van der Waals surface area contributed by atoms with Gasteiger partial charge in [0.15, 0.2) is 5.54 Å². The summed E-state index contributed by atoms with van der Waals surface area (Å²) in [5.41, 5.74) is 1.15. The van der Waals surface area contributed by atoms with Crippen LogP contribution in [-0.2, 0) is 15.1 Å². The first-order valence-electron chi connectivity index (χ1n) is 6.71. The van der Waals surface area contributed by atoms with E-state index in [-0.39, 0.29) is 6.61 Å². The molecule has 0 aliphatic rings. The van der Waals surface area contributed by atoms with E-state index < -0.39 is 11.5 Å². The highest BCUT2D eigenvalue weighted by molar-refractivity contribution is 5.85. The lowest BCUT2D eigenvalue weighted by Crippen LogP contribution is -2.47. The topological polar surface area (TPSA) is 58.6 Å². The highest BCUT2D eigenvalue weighted by atomic mass is 16.5. The molecule has 2 N–H and O–H groups in total. The minimum atomic E-state index is -1.32. The van der Waals surface area contributed by atoms with Crippen LogP contribution in [0.1, 0.15) is 11.1 Å². The van der Waals surface area contributed by atoms with Crippen LogP contribution in [0.25, 0.3) is 0 Å². The van der Waals surface area contributed by atoms with Crippen molar-refractivity contribution in [1.82, 2.24) is 0 Å². The van der Waals surface area contributed by atoms with Crippen molar-refractivity contribution in [2.24, 2.45) is 0 Å². The molecule has 4 heteroatoms. The van der Waals surface area contributed by atoms with Gasteiger partial charge in [-0.3, -0.25) is 0 Å². The van der Waals surface area contributed by atoms with Crippen LogP contribution in [0.15, 0.2) is 54.6 Å². The molecule has 1 atom stereocenters. The van der Waals surface area contributed by atoms with Crippen molar-refractivity contribution in [2.45, 2.75) is 12.5 Å². The van der Waals surface area contributed by atoms with Crippen molar-refractivity contribution in [2.75, 3.05) is 19.0 Å².